The molecule has 486 valence electrons. The number of hydrogen-bond acceptors (Lipinski definition) is 12. The first kappa shape index (κ1) is 76.9. The van der Waals surface area contributed by atoms with Crippen LogP contribution in [-0.4, -0.2) is 227 Å². The molecule has 23 heteroatoms. The van der Waals surface area contributed by atoms with Gasteiger partial charge in [-0.05, 0) is 101 Å². The summed E-state index contributed by atoms with van der Waals surface area (Å²) in [5, 5.41) is 23.1. The van der Waals surface area contributed by atoms with Crippen LogP contribution in [0.2, 0.25) is 0 Å². The van der Waals surface area contributed by atoms with Gasteiger partial charge in [0.25, 0.3) is 0 Å². The second-order valence-corrected chi connectivity index (χ2v) is 26.1. The Labute approximate surface area is 508 Å². The van der Waals surface area contributed by atoms with Gasteiger partial charge < -0.3 is 60.7 Å². The fraction of sp³-hybridized carbons (Fsp3) is 0.790. The van der Waals surface area contributed by atoms with E-state index in [0.29, 0.717) is 6.42 Å². The molecule has 2 unspecified atom stereocenters. The number of aliphatic hydroxyl groups excluding tert-OH is 1. The Hall–Kier alpha value is -6.13. The van der Waals surface area contributed by atoms with Gasteiger partial charge in [-0.3, -0.25) is 52.7 Å². The van der Waals surface area contributed by atoms with Crippen LogP contribution in [0.3, 0.4) is 0 Å². The Morgan fingerprint density at radius 3 is 1.32 bits per heavy atom. The fourth-order valence-electron chi connectivity index (χ4n) is 10.7. The molecule has 5 N–H and O–H groups in total. The summed E-state index contributed by atoms with van der Waals surface area (Å²) in [6.07, 6.45) is 3.04. The molecule has 0 saturated carbocycles. The number of likely N-dealkylation sites (N-methyl/N-ethyl adjacent to an activating group) is 7. The zero-order chi connectivity index (χ0) is 66.0. The number of rotatable bonds is 15. The fourth-order valence-corrected chi connectivity index (χ4v) is 10.7. The normalized spacial score (nSPS) is 26.9. The van der Waals surface area contributed by atoms with Crippen molar-refractivity contribution in [3.63, 3.8) is 0 Å². The van der Waals surface area contributed by atoms with E-state index in [1.54, 1.807) is 54.5 Å². The van der Waals surface area contributed by atoms with Crippen molar-refractivity contribution in [2.45, 2.75) is 223 Å². The number of nitrogens with one attached hydrogen (secondary N) is 4. The zero-order valence-corrected chi connectivity index (χ0v) is 56.1. The van der Waals surface area contributed by atoms with E-state index in [1.807, 2.05) is 61.5 Å². The molecule has 0 spiro atoms. The van der Waals surface area contributed by atoms with Crippen molar-refractivity contribution in [1.82, 2.24) is 55.6 Å². The number of carbonyl (C=O) groups is 11. The quantitative estimate of drug-likeness (QED) is 0.148. The number of nitrogens with zero attached hydrogens (tertiary/aromatic N) is 7. The summed E-state index contributed by atoms with van der Waals surface area (Å²) in [5.41, 5.74) is 0. The van der Waals surface area contributed by atoms with E-state index in [4.69, 9.17) is 0 Å². The van der Waals surface area contributed by atoms with E-state index < -0.39 is 156 Å². The van der Waals surface area contributed by atoms with Crippen molar-refractivity contribution in [3.05, 3.63) is 12.2 Å². The molecule has 11 amide bonds. The van der Waals surface area contributed by atoms with Crippen molar-refractivity contribution >= 4 is 65.0 Å². The summed E-state index contributed by atoms with van der Waals surface area (Å²) >= 11 is 0. The molecule has 85 heavy (non-hydrogen) atoms. The molecule has 0 bridgehead atoms. The molecule has 1 heterocycles. The largest absolute Gasteiger partial charge is 0.390 e. The highest BCUT2D eigenvalue weighted by molar-refractivity contribution is 5.99. The maximum atomic E-state index is 15.1. The number of amides is 11. The van der Waals surface area contributed by atoms with Gasteiger partial charge in [0.1, 0.15) is 60.4 Å². The van der Waals surface area contributed by atoms with E-state index >= 15 is 9.59 Å². The Balaban J connectivity index is 4.32. The summed E-state index contributed by atoms with van der Waals surface area (Å²) in [7, 11) is 9.92. The molecule has 1 aliphatic heterocycles. The summed E-state index contributed by atoms with van der Waals surface area (Å²) in [4.78, 5) is 169. The molecule has 12 atom stereocenters. The lowest BCUT2D eigenvalue weighted by atomic mass is 9.91. The minimum Gasteiger partial charge on any atom is -0.390 e. The third-order valence-electron chi connectivity index (χ3n) is 16.1. The molecule has 1 rings (SSSR count). The predicted octanol–water partition coefficient (Wildman–Crippen LogP) is 3.27. The topological polar surface area (TPSA) is 279 Å². The zero-order valence-electron chi connectivity index (χ0n) is 56.1. The number of carbonyl (C=O) groups excluding carboxylic acids is 11. The molecular formula is C62H111N11O12. The smallest absolute Gasteiger partial charge is 0.246 e. The minimum absolute atomic E-state index is 0.0229. The maximum Gasteiger partial charge on any atom is 0.246 e. The highest BCUT2D eigenvalue weighted by atomic mass is 16.3. The van der Waals surface area contributed by atoms with Crippen LogP contribution in [0.25, 0.3) is 0 Å². The summed E-state index contributed by atoms with van der Waals surface area (Å²) in [5.74, 6) is -9.71. The third-order valence-corrected chi connectivity index (χ3v) is 16.1. The Morgan fingerprint density at radius 2 is 0.871 bits per heavy atom. The Kier molecular flexibility index (Phi) is 31.5. The van der Waals surface area contributed by atoms with Gasteiger partial charge in [-0.2, -0.15) is 0 Å². The molecule has 0 radical (unpaired) electrons. The molecule has 1 fully saturated rings. The van der Waals surface area contributed by atoms with Gasteiger partial charge >= 0.3 is 0 Å². The van der Waals surface area contributed by atoms with Crippen LogP contribution >= 0.6 is 0 Å². The first-order chi connectivity index (χ1) is 39.2. The third kappa shape index (κ3) is 21.7. The lowest BCUT2D eigenvalue weighted by Crippen LogP contribution is -2.63. The van der Waals surface area contributed by atoms with Gasteiger partial charge in [0.05, 0.1) is 12.6 Å². The van der Waals surface area contributed by atoms with Crippen molar-refractivity contribution < 1.29 is 57.8 Å². The predicted molar refractivity (Wildman–Crippen MR) is 328 cm³/mol. The van der Waals surface area contributed by atoms with E-state index in [0.717, 1.165) is 9.80 Å². The molecule has 1 saturated heterocycles. The average Bonchev–Trinajstić information content (AvgIpc) is 3.62. The van der Waals surface area contributed by atoms with Crippen LogP contribution in [-0.2, 0) is 52.7 Å². The van der Waals surface area contributed by atoms with Crippen LogP contribution in [0.1, 0.15) is 156 Å². The molecule has 0 aromatic rings. The SMILES string of the molecule is CC=CC[C@@H](C)[C@H](O)C1C(=O)N[C@@H](CC)C(=O)N(C)CC(=O)N(C)[C@@H](CC(C)C)C(=O)N[C@@H](C(C)C)C(=O)N(C)[C@@H](CC(C)C)C(=O)N[C@@H](C)C(=O)N[C@H](C)C(=O)N(C)[C@H](CC(C)C)C(=O)N(C)C(CC(C)C)C(=O)N(C)[C@@H](C(C)C)C(=O)N1C. The van der Waals surface area contributed by atoms with Gasteiger partial charge in [0.2, 0.25) is 65.0 Å². The van der Waals surface area contributed by atoms with Crippen molar-refractivity contribution in [1.29, 1.82) is 0 Å². The lowest BCUT2D eigenvalue weighted by molar-refractivity contribution is -0.157. The second kappa shape index (κ2) is 34.9. The van der Waals surface area contributed by atoms with E-state index in [9.17, 15) is 48.3 Å². The molecule has 1 aliphatic rings. The Bertz CT molecular complexity index is 2330. The molecule has 0 aromatic carbocycles. The standard InChI is InChI=1S/C62H111N11O12/c1-25-27-28-40(15)52(75)51-56(79)65-43(26-2)58(81)67(18)33-48(74)68(19)44(29-34(3)4)55(78)66-49(38(11)12)61(84)69(20)45(30-35(5)6)54(77)63-41(16)53(76)64-42(17)57(80)70(21)46(31-36(7)8)59(82)71(22)47(32-37(9)10)60(83)72(23)50(39(13)14)62(85)73(51)24/h25,27,34-47,49-52,75H,26,28-33H2,1-24H3,(H,63,77)(H,64,76)(H,65,79)(H,66,78)/t40-,41+,42-,43+,44+,45+,46-,47?,49+,50+,51?,52+/m1/s1. The first-order valence-corrected chi connectivity index (χ1v) is 30.6. The van der Waals surface area contributed by atoms with Crippen LogP contribution in [0.4, 0.5) is 0 Å². The molecule has 23 nitrogen and oxygen atoms in total. The number of hydrogen-bond donors (Lipinski definition) is 5. The van der Waals surface area contributed by atoms with Gasteiger partial charge in [-0.1, -0.05) is 109 Å². The van der Waals surface area contributed by atoms with Crippen molar-refractivity contribution in [2.75, 3.05) is 55.9 Å². The van der Waals surface area contributed by atoms with Crippen LogP contribution in [0.15, 0.2) is 12.2 Å². The van der Waals surface area contributed by atoms with Crippen molar-refractivity contribution in [2.24, 2.45) is 41.4 Å². The van der Waals surface area contributed by atoms with Gasteiger partial charge in [-0.15, -0.1) is 0 Å². The van der Waals surface area contributed by atoms with Crippen LogP contribution < -0.4 is 21.3 Å². The number of aliphatic hydroxyl groups is 1. The van der Waals surface area contributed by atoms with Gasteiger partial charge in [-0.25, -0.2) is 0 Å². The monoisotopic (exact) mass is 1200 g/mol. The summed E-state index contributed by atoms with van der Waals surface area (Å²) < 4.78 is 0. The van der Waals surface area contributed by atoms with E-state index in [1.165, 1.54) is 87.7 Å². The molecule has 0 aromatic heterocycles. The summed E-state index contributed by atoms with van der Waals surface area (Å²) in [6, 6.07) is -12.3. The highest BCUT2D eigenvalue weighted by Crippen LogP contribution is 2.26. The van der Waals surface area contributed by atoms with Gasteiger partial charge in [0.15, 0.2) is 0 Å². The minimum atomic E-state index is -1.61. The average molecular weight is 1200 g/mol. The van der Waals surface area contributed by atoms with E-state index in [2.05, 4.69) is 21.3 Å². The highest BCUT2D eigenvalue weighted by Gasteiger charge is 2.45. The maximum absolute atomic E-state index is 15.1. The second-order valence-electron chi connectivity index (χ2n) is 26.1. The molecule has 0 aliphatic carbocycles. The van der Waals surface area contributed by atoms with Crippen LogP contribution in [0, 0.1) is 41.4 Å². The van der Waals surface area contributed by atoms with Crippen LogP contribution in [0.5, 0.6) is 0 Å². The van der Waals surface area contributed by atoms with E-state index in [-0.39, 0.29) is 55.8 Å². The first-order valence-electron chi connectivity index (χ1n) is 30.6. The Morgan fingerprint density at radius 1 is 0.459 bits per heavy atom. The van der Waals surface area contributed by atoms with Crippen molar-refractivity contribution in [3.8, 4) is 0 Å². The lowest BCUT2D eigenvalue weighted by Gasteiger charge is -2.41. The molecular weight excluding hydrogens is 1090 g/mol. The summed E-state index contributed by atoms with van der Waals surface area (Å²) in [6.45, 7) is 29.3. The number of allylic oxidation sites excluding steroid dienone is 2. The van der Waals surface area contributed by atoms with Gasteiger partial charge in [0, 0.05) is 49.3 Å².